The van der Waals surface area contributed by atoms with Gasteiger partial charge in [-0.25, -0.2) is 9.67 Å². The van der Waals surface area contributed by atoms with Crippen LogP contribution in [0, 0.1) is 17.0 Å². The molecule has 0 spiro atoms. The van der Waals surface area contributed by atoms with Crippen LogP contribution in [0.1, 0.15) is 11.3 Å². The van der Waals surface area contributed by atoms with Crippen LogP contribution in [0.5, 0.6) is 5.75 Å². The van der Waals surface area contributed by atoms with Crippen LogP contribution in [-0.2, 0) is 7.05 Å². The van der Waals surface area contributed by atoms with E-state index in [0.29, 0.717) is 16.9 Å². The quantitative estimate of drug-likeness (QED) is 0.408. The summed E-state index contributed by atoms with van der Waals surface area (Å²) in [5, 5.41) is 22.3. The van der Waals surface area contributed by atoms with E-state index < -0.39 is 16.4 Å². The van der Waals surface area contributed by atoms with E-state index in [-0.39, 0.29) is 11.2 Å². The molecule has 26 heavy (non-hydrogen) atoms. The van der Waals surface area contributed by atoms with E-state index in [1.54, 1.807) is 18.7 Å². The molecular weight excluding hydrogens is 336 g/mol. The fourth-order valence-corrected chi connectivity index (χ4v) is 2.60. The number of nitro groups is 1. The highest BCUT2D eigenvalue weighted by Crippen LogP contribution is 2.23. The first-order valence-corrected chi connectivity index (χ1v) is 7.73. The van der Waals surface area contributed by atoms with Gasteiger partial charge >= 0.3 is 0 Å². The summed E-state index contributed by atoms with van der Waals surface area (Å²) in [4.78, 5) is 27.1. The summed E-state index contributed by atoms with van der Waals surface area (Å²) < 4.78 is 3.18. The first-order valence-electron chi connectivity index (χ1n) is 7.73. The Kier molecular flexibility index (Phi) is 4.40. The molecule has 0 bridgehead atoms. The molecule has 0 aliphatic heterocycles. The van der Waals surface area contributed by atoms with E-state index in [1.165, 1.54) is 17.0 Å². The third-order valence-corrected chi connectivity index (χ3v) is 4.05. The van der Waals surface area contributed by atoms with Gasteiger partial charge in [0.15, 0.2) is 5.69 Å². The molecule has 0 radical (unpaired) electrons. The number of aliphatic imine (C=N–C) groups is 1. The minimum atomic E-state index is -0.740. The Balaban J connectivity index is 2.04. The molecule has 0 saturated carbocycles. The second kappa shape index (κ2) is 6.67. The van der Waals surface area contributed by atoms with Crippen molar-refractivity contribution >= 4 is 17.6 Å². The van der Waals surface area contributed by atoms with Gasteiger partial charge in [-0.3, -0.25) is 19.6 Å². The van der Waals surface area contributed by atoms with E-state index >= 15 is 0 Å². The zero-order valence-electron chi connectivity index (χ0n) is 14.1. The lowest BCUT2D eigenvalue weighted by atomic mass is 10.2. The van der Waals surface area contributed by atoms with Crippen LogP contribution in [0.3, 0.4) is 0 Å². The van der Waals surface area contributed by atoms with Crippen LogP contribution in [0.4, 0.5) is 11.4 Å². The average molecular weight is 351 g/mol. The first kappa shape index (κ1) is 17.2. The molecule has 8 heteroatoms. The van der Waals surface area contributed by atoms with Crippen molar-refractivity contribution in [2.24, 2.45) is 12.0 Å². The Labute approximate surface area is 148 Å². The summed E-state index contributed by atoms with van der Waals surface area (Å²) in [6, 6.07) is 12.8. The second-order valence-corrected chi connectivity index (χ2v) is 5.65. The first-order chi connectivity index (χ1) is 12.4. The Hall–Kier alpha value is -3.68. The largest absolute Gasteiger partial charge is 0.868 e. The molecule has 3 aromatic rings. The summed E-state index contributed by atoms with van der Waals surface area (Å²) in [7, 11) is 1.75. The topological polar surface area (TPSA) is 105 Å². The Morgan fingerprint density at radius 1 is 1.15 bits per heavy atom. The maximum Gasteiger partial charge on any atom is 0.297 e. The lowest BCUT2D eigenvalue weighted by molar-refractivity contribution is -0.398. The third-order valence-electron chi connectivity index (χ3n) is 4.05. The zero-order valence-corrected chi connectivity index (χ0v) is 14.1. The highest BCUT2D eigenvalue weighted by molar-refractivity contribution is 5.83. The summed E-state index contributed by atoms with van der Waals surface area (Å²) in [5.74, 6) is -0.672. The van der Waals surface area contributed by atoms with Crippen molar-refractivity contribution in [2.45, 2.75) is 6.92 Å². The van der Waals surface area contributed by atoms with Gasteiger partial charge in [0.2, 0.25) is 0 Å². The second-order valence-electron chi connectivity index (χ2n) is 5.65. The lowest BCUT2D eigenvalue weighted by Crippen LogP contribution is -2.19. The molecule has 0 aliphatic rings. The monoisotopic (exact) mass is 351 g/mol. The van der Waals surface area contributed by atoms with Crippen molar-refractivity contribution in [1.82, 2.24) is 9.36 Å². The minimum absolute atomic E-state index is 0.227. The summed E-state index contributed by atoms with van der Waals surface area (Å²) in [6.45, 7) is 1.76. The standard InChI is InChI=1S/C18H16N4O4/c1-12-17(18(24)21(20(12)2)14-6-4-3-5-7-14)19-11-13-8-9-16(23)15(10-13)22(25)26/h3-11,23H,1-2H3/p-1. The number of nitro benzene ring substituents is 1. The maximum absolute atomic E-state index is 12.7. The number of nitrogens with zero attached hydrogens (tertiary/aromatic N) is 4. The summed E-state index contributed by atoms with van der Waals surface area (Å²) in [5.41, 5.74) is 1.11. The summed E-state index contributed by atoms with van der Waals surface area (Å²) >= 11 is 0. The smallest absolute Gasteiger partial charge is 0.297 e. The Bertz CT molecular complexity index is 1060. The Morgan fingerprint density at radius 2 is 1.85 bits per heavy atom. The Morgan fingerprint density at radius 3 is 2.50 bits per heavy atom. The molecule has 0 amide bonds. The van der Waals surface area contributed by atoms with Crippen LogP contribution < -0.4 is 10.7 Å². The molecule has 8 nitrogen and oxygen atoms in total. The van der Waals surface area contributed by atoms with Gasteiger partial charge in [0, 0.05) is 19.3 Å². The zero-order chi connectivity index (χ0) is 18.8. The van der Waals surface area contributed by atoms with Crippen LogP contribution in [0.15, 0.2) is 58.3 Å². The van der Waals surface area contributed by atoms with Crippen molar-refractivity contribution in [3.63, 3.8) is 0 Å². The number of aromatic nitrogens is 2. The van der Waals surface area contributed by atoms with E-state index in [4.69, 9.17) is 0 Å². The fourth-order valence-electron chi connectivity index (χ4n) is 2.60. The normalized spacial score (nSPS) is 11.2. The molecule has 3 rings (SSSR count). The molecule has 0 atom stereocenters. The third kappa shape index (κ3) is 3.00. The number of rotatable bonds is 4. The molecule has 0 aliphatic carbocycles. The minimum Gasteiger partial charge on any atom is -0.868 e. The van der Waals surface area contributed by atoms with Crippen molar-refractivity contribution in [2.75, 3.05) is 0 Å². The van der Waals surface area contributed by atoms with E-state index in [0.717, 1.165) is 12.1 Å². The highest BCUT2D eigenvalue weighted by Gasteiger charge is 2.15. The van der Waals surface area contributed by atoms with Crippen LogP contribution >= 0.6 is 0 Å². The number of hydrogen-bond donors (Lipinski definition) is 0. The van der Waals surface area contributed by atoms with Crippen LogP contribution in [0.2, 0.25) is 0 Å². The molecule has 132 valence electrons. The van der Waals surface area contributed by atoms with Gasteiger partial charge in [-0.05, 0) is 30.4 Å². The predicted octanol–water partition coefficient (Wildman–Crippen LogP) is 2.22. The van der Waals surface area contributed by atoms with Gasteiger partial charge in [-0.2, -0.15) is 0 Å². The number of hydrogen-bond acceptors (Lipinski definition) is 5. The highest BCUT2D eigenvalue weighted by atomic mass is 16.6. The SMILES string of the molecule is Cc1c(N=Cc2ccc([O-])c([N+](=O)[O-])c2)c(=O)n(-c2ccccc2)n1C. The predicted molar refractivity (Wildman–Crippen MR) is 95.5 cm³/mol. The molecule has 0 unspecified atom stereocenters. The van der Waals surface area contributed by atoms with Gasteiger partial charge in [-0.1, -0.05) is 30.3 Å². The fraction of sp³-hybridized carbons (Fsp3) is 0.111. The molecule has 2 aromatic carbocycles. The lowest BCUT2D eigenvalue weighted by Gasteiger charge is -2.07. The van der Waals surface area contributed by atoms with E-state index in [1.807, 2.05) is 30.3 Å². The van der Waals surface area contributed by atoms with Crippen molar-refractivity contribution < 1.29 is 10.0 Å². The van der Waals surface area contributed by atoms with Crippen LogP contribution in [-0.4, -0.2) is 20.5 Å². The van der Waals surface area contributed by atoms with Gasteiger partial charge in [-0.15, -0.1) is 0 Å². The summed E-state index contributed by atoms with van der Waals surface area (Å²) in [6.07, 6.45) is 1.34. The average Bonchev–Trinajstić information content (AvgIpc) is 2.84. The maximum atomic E-state index is 12.7. The van der Waals surface area contributed by atoms with Crippen molar-refractivity contribution in [3.8, 4) is 11.4 Å². The van der Waals surface area contributed by atoms with Crippen molar-refractivity contribution in [3.05, 3.63) is 80.3 Å². The van der Waals surface area contributed by atoms with E-state index in [9.17, 15) is 20.0 Å². The number of para-hydroxylation sites is 1. The van der Waals surface area contributed by atoms with Gasteiger partial charge in [0.05, 0.1) is 16.3 Å². The number of benzene rings is 2. The molecule has 1 heterocycles. The molecular formula is C18H15N4O4-. The van der Waals surface area contributed by atoms with Gasteiger partial charge in [0.1, 0.15) is 0 Å². The van der Waals surface area contributed by atoms with E-state index in [2.05, 4.69) is 4.99 Å². The molecule has 0 saturated heterocycles. The van der Waals surface area contributed by atoms with Gasteiger partial charge < -0.3 is 5.11 Å². The van der Waals surface area contributed by atoms with Crippen LogP contribution in [0.25, 0.3) is 5.69 Å². The van der Waals surface area contributed by atoms with Gasteiger partial charge in [0.25, 0.3) is 11.2 Å². The molecule has 0 N–H and O–H groups in total. The molecule has 1 aromatic heterocycles. The molecule has 0 fully saturated rings. The van der Waals surface area contributed by atoms with Crippen molar-refractivity contribution in [1.29, 1.82) is 0 Å².